The third-order valence-corrected chi connectivity index (χ3v) is 3.04. The van der Waals surface area contributed by atoms with Gasteiger partial charge < -0.3 is 15.4 Å². The second kappa shape index (κ2) is 4.72. The monoisotopic (exact) mass is 261 g/mol. The molecule has 0 bridgehead atoms. The Kier molecular flexibility index (Phi) is 3.25. The number of amides is 1. The van der Waals surface area contributed by atoms with Gasteiger partial charge in [0.25, 0.3) is 0 Å². The van der Waals surface area contributed by atoms with E-state index >= 15 is 0 Å². The van der Waals surface area contributed by atoms with Gasteiger partial charge in [0.1, 0.15) is 5.41 Å². The zero-order chi connectivity index (χ0) is 14.0. The average molecular weight is 261 g/mol. The molecule has 1 aromatic heterocycles. The number of imidazole rings is 1. The first kappa shape index (κ1) is 13.1. The number of aromatic amines is 1. The second-order valence-corrected chi connectivity index (χ2v) is 4.87. The molecule has 1 amide bonds. The molecule has 1 aromatic carbocycles. The summed E-state index contributed by atoms with van der Waals surface area (Å²) in [6.45, 7) is 3.04. The molecule has 0 saturated carbocycles. The number of carbonyl (C=O) groups excluding carboxylic acids is 1. The first-order chi connectivity index (χ1) is 8.91. The lowest BCUT2D eigenvalue weighted by atomic mass is 9.92. The molecule has 19 heavy (non-hydrogen) atoms. The molecule has 0 aliphatic rings. The minimum Gasteiger partial charge on any atom is -0.480 e. The molecule has 100 valence electrons. The Balaban J connectivity index is 2.06. The third kappa shape index (κ3) is 2.57. The fourth-order valence-electron chi connectivity index (χ4n) is 1.59. The van der Waals surface area contributed by atoms with E-state index in [4.69, 9.17) is 5.11 Å². The van der Waals surface area contributed by atoms with Crippen LogP contribution < -0.4 is 5.32 Å². The normalized spacial score (nSPS) is 11.5. The lowest BCUT2D eigenvalue weighted by molar-refractivity contribution is -0.153. The van der Waals surface area contributed by atoms with Gasteiger partial charge in [-0.3, -0.25) is 9.59 Å². The number of aromatic nitrogens is 2. The minimum absolute atomic E-state index is 0.282. The van der Waals surface area contributed by atoms with Crippen LogP contribution in [0.15, 0.2) is 24.5 Å². The van der Waals surface area contributed by atoms with E-state index in [9.17, 15) is 9.59 Å². The van der Waals surface area contributed by atoms with Gasteiger partial charge in [-0.2, -0.15) is 0 Å². The number of nitrogens with one attached hydrogen (secondary N) is 2. The summed E-state index contributed by atoms with van der Waals surface area (Å²) in [5.74, 6) is -1.65. The number of carbonyl (C=O) groups is 2. The SMILES string of the molecule is CC(C)(C(=O)O)C(=O)NCc1ccc2nc[nH]c2c1. The summed E-state index contributed by atoms with van der Waals surface area (Å²) < 4.78 is 0. The van der Waals surface area contributed by atoms with E-state index in [-0.39, 0.29) is 6.54 Å². The van der Waals surface area contributed by atoms with Crippen molar-refractivity contribution in [2.24, 2.45) is 5.41 Å². The van der Waals surface area contributed by atoms with Gasteiger partial charge in [0.05, 0.1) is 17.4 Å². The predicted octanol–water partition coefficient (Wildman–Crippen LogP) is 1.29. The zero-order valence-corrected chi connectivity index (χ0v) is 10.7. The van der Waals surface area contributed by atoms with Gasteiger partial charge in [-0.15, -0.1) is 0 Å². The quantitative estimate of drug-likeness (QED) is 0.723. The largest absolute Gasteiger partial charge is 0.480 e. The van der Waals surface area contributed by atoms with Crippen molar-refractivity contribution >= 4 is 22.9 Å². The zero-order valence-electron chi connectivity index (χ0n) is 10.7. The first-order valence-electron chi connectivity index (χ1n) is 5.85. The van der Waals surface area contributed by atoms with Crippen molar-refractivity contribution in [3.8, 4) is 0 Å². The molecule has 3 N–H and O–H groups in total. The van der Waals surface area contributed by atoms with Crippen molar-refractivity contribution in [3.05, 3.63) is 30.1 Å². The van der Waals surface area contributed by atoms with Crippen molar-refractivity contribution < 1.29 is 14.7 Å². The Morgan fingerprint density at radius 3 is 2.84 bits per heavy atom. The van der Waals surface area contributed by atoms with Gasteiger partial charge >= 0.3 is 5.97 Å². The second-order valence-electron chi connectivity index (χ2n) is 4.87. The predicted molar refractivity (Wildman–Crippen MR) is 69.4 cm³/mol. The number of aliphatic carboxylic acids is 1. The number of benzene rings is 1. The van der Waals surface area contributed by atoms with Crippen LogP contribution in [0.2, 0.25) is 0 Å². The van der Waals surface area contributed by atoms with Crippen LogP contribution in [0.3, 0.4) is 0 Å². The molecule has 6 heteroatoms. The highest BCUT2D eigenvalue weighted by atomic mass is 16.4. The number of carboxylic acid groups (broad SMARTS) is 1. The molecule has 0 spiro atoms. The van der Waals surface area contributed by atoms with Gasteiger partial charge in [-0.1, -0.05) is 6.07 Å². The Morgan fingerprint density at radius 1 is 1.42 bits per heavy atom. The maximum absolute atomic E-state index is 11.8. The minimum atomic E-state index is -1.43. The smallest absolute Gasteiger partial charge is 0.318 e. The van der Waals surface area contributed by atoms with Crippen LogP contribution in [0.1, 0.15) is 19.4 Å². The van der Waals surface area contributed by atoms with Crippen LogP contribution in [0.25, 0.3) is 11.0 Å². The van der Waals surface area contributed by atoms with Crippen LogP contribution in [-0.4, -0.2) is 27.0 Å². The molecule has 0 aliphatic heterocycles. The lowest BCUT2D eigenvalue weighted by Crippen LogP contribution is -2.41. The van der Waals surface area contributed by atoms with Crippen LogP contribution in [-0.2, 0) is 16.1 Å². The Morgan fingerprint density at radius 2 is 2.16 bits per heavy atom. The molecular weight excluding hydrogens is 246 g/mol. The van der Waals surface area contributed by atoms with E-state index in [1.54, 1.807) is 6.33 Å². The fourth-order valence-corrected chi connectivity index (χ4v) is 1.59. The highest BCUT2D eigenvalue weighted by Crippen LogP contribution is 2.16. The Bertz CT molecular complexity index is 631. The van der Waals surface area contributed by atoms with Crippen LogP contribution >= 0.6 is 0 Å². The standard InChI is InChI=1S/C13H15N3O3/c1-13(2,12(18)19)11(17)14-6-8-3-4-9-10(5-8)16-7-15-9/h3-5,7H,6H2,1-2H3,(H,14,17)(H,15,16)(H,18,19). The highest BCUT2D eigenvalue weighted by Gasteiger charge is 2.35. The third-order valence-electron chi connectivity index (χ3n) is 3.04. The summed E-state index contributed by atoms with van der Waals surface area (Å²) in [6, 6.07) is 5.56. The molecule has 2 rings (SSSR count). The summed E-state index contributed by atoms with van der Waals surface area (Å²) in [4.78, 5) is 29.8. The van der Waals surface area contributed by atoms with Crippen LogP contribution in [0.4, 0.5) is 0 Å². The number of H-pyrrole nitrogens is 1. The number of nitrogens with zero attached hydrogens (tertiary/aromatic N) is 1. The number of hydrogen-bond acceptors (Lipinski definition) is 3. The molecule has 0 fully saturated rings. The maximum Gasteiger partial charge on any atom is 0.318 e. The summed E-state index contributed by atoms with van der Waals surface area (Å²) in [5.41, 5.74) is 1.18. The molecule has 0 radical (unpaired) electrons. The number of hydrogen-bond donors (Lipinski definition) is 3. The average Bonchev–Trinajstić information content (AvgIpc) is 2.82. The fraction of sp³-hybridized carbons (Fsp3) is 0.308. The number of carboxylic acids is 1. The van der Waals surface area contributed by atoms with E-state index < -0.39 is 17.3 Å². The molecule has 0 saturated heterocycles. The van der Waals surface area contributed by atoms with Gasteiger partial charge in [0.15, 0.2) is 0 Å². The van der Waals surface area contributed by atoms with Gasteiger partial charge in [-0.05, 0) is 31.5 Å². The van der Waals surface area contributed by atoms with E-state index in [1.807, 2.05) is 18.2 Å². The topological polar surface area (TPSA) is 95.1 Å². The molecular formula is C13H15N3O3. The molecule has 0 unspecified atom stereocenters. The molecule has 0 aliphatic carbocycles. The van der Waals surface area contributed by atoms with E-state index in [2.05, 4.69) is 15.3 Å². The molecule has 1 heterocycles. The summed E-state index contributed by atoms with van der Waals surface area (Å²) in [7, 11) is 0. The molecule has 2 aromatic rings. The van der Waals surface area contributed by atoms with Crippen molar-refractivity contribution in [1.29, 1.82) is 0 Å². The van der Waals surface area contributed by atoms with E-state index in [0.29, 0.717) is 0 Å². The number of fused-ring (bicyclic) bond motifs is 1. The first-order valence-corrected chi connectivity index (χ1v) is 5.85. The van der Waals surface area contributed by atoms with Gasteiger partial charge in [0.2, 0.25) is 5.91 Å². The van der Waals surface area contributed by atoms with Crippen LogP contribution in [0.5, 0.6) is 0 Å². The lowest BCUT2D eigenvalue weighted by Gasteiger charge is -2.18. The van der Waals surface area contributed by atoms with Gasteiger partial charge in [-0.25, -0.2) is 4.98 Å². The summed E-state index contributed by atoms with van der Waals surface area (Å²) in [6.07, 6.45) is 1.60. The van der Waals surface area contributed by atoms with Crippen molar-refractivity contribution in [2.75, 3.05) is 0 Å². The molecule has 6 nitrogen and oxygen atoms in total. The molecule has 0 atom stereocenters. The maximum atomic E-state index is 11.8. The Labute approximate surface area is 109 Å². The van der Waals surface area contributed by atoms with Crippen molar-refractivity contribution in [3.63, 3.8) is 0 Å². The van der Waals surface area contributed by atoms with Crippen molar-refractivity contribution in [2.45, 2.75) is 20.4 Å². The van der Waals surface area contributed by atoms with E-state index in [0.717, 1.165) is 16.6 Å². The highest BCUT2D eigenvalue weighted by molar-refractivity contribution is 6.00. The van der Waals surface area contributed by atoms with Gasteiger partial charge in [0, 0.05) is 6.54 Å². The van der Waals surface area contributed by atoms with E-state index in [1.165, 1.54) is 13.8 Å². The summed E-state index contributed by atoms with van der Waals surface area (Å²) >= 11 is 0. The summed E-state index contributed by atoms with van der Waals surface area (Å²) in [5, 5.41) is 11.6. The van der Waals surface area contributed by atoms with Crippen LogP contribution in [0, 0.1) is 5.41 Å². The van der Waals surface area contributed by atoms with Crippen molar-refractivity contribution in [1.82, 2.24) is 15.3 Å². The number of rotatable bonds is 4. The Hall–Kier alpha value is -2.37.